The maximum Gasteiger partial charge on any atom is 0.245 e. The molecule has 0 bridgehead atoms. The van der Waals surface area contributed by atoms with Gasteiger partial charge in [0.05, 0.1) is 5.69 Å². The van der Waals surface area contributed by atoms with Crippen LogP contribution in [0.4, 0.5) is 10.1 Å². The van der Waals surface area contributed by atoms with E-state index in [4.69, 9.17) is 5.73 Å². The molecule has 19 heavy (non-hydrogen) atoms. The van der Waals surface area contributed by atoms with Crippen molar-refractivity contribution in [3.8, 4) is 0 Å². The van der Waals surface area contributed by atoms with Gasteiger partial charge in [-0.2, -0.15) is 4.31 Å². The van der Waals surface area contributed by atoms with Crippen LogP contribution >= 0.6 is 0 Å². The summed E-state index contributed by atoms with van der Waals surface area (Å²) in [6.07, 6.45) is 1.63. The van der Waals surface area contributed by atoms with E-state index in [0.717, 1.165) is 18.9 Å². The molecule has 1 fully saturated rings. The molecule has 1 saturated heterocycles. The van der Waals surface area contributed by atoms with Crippen LogP contribution < -0.4 is 5.73 Å². The Bertz CT molecular complexity index is 574. The number of piperidine rings is 1. The highest BCUT2D eigenvalue weighted by molar-refractivity contribution is 7.89. The second-order valence-electron chi connectivity index (χ2n) is 5.25. The van der Waals surface area contributed by atoms with E-state index >= 15 is 0 Å². The van der Waals surface area contributed by atoms with Crippen molar-refractivity contribution >= 4 is 15.7 Å². The van der Waals surface area contributed by atoms with Gasteiger partial charge in [0.1, 0.15) is 10.7 Å². The number of nitrogens with two attached hydrogens (primary N) is 1. The minimum atomic E-state index is -3.72. The van der Waals surface area contributed by atoms with Gasteiger partial charge in [-0.05, 0) is 37.8 Å². The van der Waals surface area contributed by atoms with Gasteiger partial charge in [0, 0.05) is 12.6 Å². The largest absolute Gasteiger partial charge is 0.395 e. The summed E-state index contributed by atoms with van der Waals surface area (Å²) >= 11 is 0. The van der Waals surface area contributed by atoms with Crippen LogP contribution in [0.3, 0.4) is 0 Å². The quantitative estimate of drug-likeness (QED) is 0.848. The molecule has 0 saturated carbocycles. The third kappa shape index (κ3) is 2.60. The topological polar surface area (TPSA) is 63.4 Å². The van der Waals surface area contributed by atoms with Gasteiger partial charge < -0.3 is 5.73 Å². The summed E-state index contributed by atoms with van der Waals surface area (Å²) < 4.78 is 40.0. The van der Waals surface area contributed by atoms with Crippen molar-refractivity contribution in [1.29, 1.82) is 0 Å². The van der Waals surface area contributed by atoms with Crippen LogP contribution in [0.15, 0.2) is 23.1 Å². The summed E-state index contributed by atoms with van der Waals surface area (Å²) in [6, 6.07) is 3.81. The number of hydrogen-bond acceptors (Lipinski definition) is 3. The predicted octanol–water partition coefficient (Wildman–Crippen LogP) is 2.22. The van der Waals surface area contributed by atoms with Crippen molar-refractivity contribution in [1.82, 2.24) is 4.31 Å². The van der Waals surface area contributed by atoms with E-state index in [1.54, 1.807) is 0 Å². The number of rotatable bonds is 2. The van der Waals surface area contributed by atoms with Gasteiger partial charge in [0.15, 0.2) is 0 Å². The standard InChI is InChI=1S/C13H19FN2O2S/c1-9-6-7-16(10(2)8-9)19(17,18)12-5-3-4-11(14)13(12)15/h3-5,9-10H,6-8,15H2,1-2H3. The van der Waals surface area contributed by atoms with Crippen molar-refractivity contribution < 1.29 is 12.8 Å². The first kappa shape index (κ1) is 14.3. The number of benzene rings is 1. The SMILES string of the molecule is CC1CCN(S(=O)(=O)c2cccc(F)c2N)C(C)C1. The number of para-hydroxylation sites is 1. The van der Waals surface area contributed by atoms with Crippen molar-refractivity contribution in [2.24, 2.45) is 5.92 Å². The third-order valence-corrected chi connectivity index (χ3v) is 5.75. The molecule has 0 spiro atoms. The van der Waals surface area contributed by atoms with Gasteiger partial charge in [-0.15, -0.1) is 0 Å². The molecule has 1 aliphatic heterocycles. The van der Waals surface area contributed by atoms with Crippen LogP contribution in [0.25, 0.3) is 0 Å². The van der Waals surface area contributed by atoms with Gasteiger partial charge in [0.2, 0.25) is 10.0 Å². The molecule has 2 unspecified atom stereocenters. The Morgan fingerprint density at radius 2 is 2.05 bits per heavy atom. The second-order valence-corrected chi connectivity index (χ2v) is 7.10. The molecular formula is C13H19FN2O2S. The van der Waals surface area contributed by atoms with Gasteiger partial charge >= 0.3 is 0 Å². The van der Waals surface area contributed by atoms with E-state index < -0.39 is 15.8 Å². The van der Waals surface area contributed by atoms with E-state index in [1.807, 2.05) is 6.92 Å². The highest BCUT2D eigenvalue weighted by Gasteiger charge is 2.34. The molecule has 1 aromatic rings. The zero-order valence-corrected chi connectivity index (χ0v) is 12.0. The molecule has 1 aliphatic rings. The number of nitrogens with zero attached hydrogens (tertiary/aromatic N) is 1. The Kier molecular flexibility index (Phi) is 3.82. The minimum absolute atomic E-state index is 0.0867. The zero-order valence-electron chi connectivity index (χ0n) is 11.1. The van der Waals surface area contributed by atoms with Crippen molar-refractivity contribution in [3.05, 3.63) is 24.0 Å². The fourth-order valence-corrected chi connectivity index (χ4v) is 4.40. The Morgan fingerprint density at radius 1 is 1.37 bits per heavy atom. The smallest absolute Gasteiger partial charge is 0.245 e. The highest BCUT2D eigenvalue weighted by atomic mass is 32.2. The van der Waals surface area contributed by atoms with Gasteiger partial charge in [-0.25, -0.2) is 12.8 Å². The number of sulfonamides is 1. The maximum atomic E-state index is 13.4. The fraction of sp³-hybridized carbons (Fsp3) is 0.538. The molecule has 1 aromatic carbocycles. The summed E-state index contributed by atoms with van der Waals surface area (Å²) in [7, 11) is -3.72. The Morgan fingerprint density at radius 3 is 2.68 bits per heavy atom. The molecule has 2 rings (SSSR count). The van der Waals surface area contributed by atoms with Crippen LogP contribution in [0.2, 0.25) is 0 Å². The van der Waals surface area contributed by atoms with Crippen LogP contribution in [0.5, 0.6) is 0 Å². The van der Waals surface area contributed by atoms with E-state index in [-0.39, 0.29) is 16.6 Å². The van der Waals surface area contributed by atoms with Crippen LogP contribution in [-0.2, 0) is 10.0 Å². The lowest BCUT2D eigenvalue weighted by Gasteiger charge is -2.35. The second kappa shape index (κ2) is 5.09. The normalized spacial score (nSPS) is 25.4. The molecule has 0 aromatic heterocycles. The first-order chi connectivity index (χ1) is 8.84. The molecule has 6 heteroatoms. The molecule has 106 valence electrons. The molecule has 0 aliphatic carbocycles. The number of anilines is 1. The molecular weight excluding hydrogens is 267 g/mol. The first-order valence-corrected chi connectivity index (χ1v) is 7.84. The Labute approximate surface area is 113 Å². The number of nitrogen functional groups attached to an aromatic ring is 1. The predicted molar refractivity (Wildman–Crippen MR) is 72.6 cm³/mol. The molecule has 0 radical (unpaired) electrons. The average Bonchev–Trinajstić information content (AvgIpc) is 2.31. The van der Waals surface area contributed by atoms with Gasteiger partial charge in [-0.1, -0.05) is 13.0 Å². The van der Waals surface area contributed by atoms with Crippen LogP contribution in [0, 0.1) is 11.7 Å². The first-order valence-electron chi connectivity index (χ1n) is 6.40. The lowest BCUT2D eigenvalue weighted by molar-refractivity contribution is 0.220. The zero-order chi connectivity index (χ0) is 14.2. The van der Waals surface area contributed by atoms with Crippen molar-refractivity contribution in [2.45, 2.75) is 37.6 Å². The van der Waals surface area contributed by atoms with Crippen molar-refractivity contribution in [3.63, 3.8) is 0 Å². The average molecular weight is 286 g/mol. The molecule has 1 heterocycles. The fourth-order valence-electron chi connectivity index (χ4n) is 2.61. The van der Waals surface area contributed by atoms with E-state index in [0.29, 0.717) is 12.5 Å². The minimum Gasteiger partial charge on any atom is -0.395 e. The lowest BCUT2D eigenvalue weighted by atomic mass is 9.95. The van der Waals surface area contributed by atoms with Crippen LogP contribution in [0.1, 0.15) is 26.7 Å². The summed E-state index contributed by atoms with van der Waals surface area (Å²) in [5, 5.41) is 0. The maximum absolute atomic E-state index is 13.4. The molecule has 4 nitrogen and oxygen atoms in total. The van der Waals surface area contributed by atoms with Crippen molar-refractivity contribution in [2.75, 3.05) is 12.3 Å². The van der Waals surface area contributed by atoms with Gasteiger partial charge in [0.25, 0.3) is 0 Å². The number of halogens is 1. The monoisotopic (exact) mass is 286 g/mol. The van der Waals surface area contributed by atoms with Gasteiger partial charge in [-0.3, -0.25) is 0 Å². The summed E-state index contributed by atoms with van der Waals surface area (Å²) in [5.41, 5.74) is 5.27. The highest BCUT2D eigenvalue weighted by Crippen LogP contribution is 2.31. The van der Waals surface area contributed by atoms with E-state index in [9.17, 15) is 12.8 Å². The summed E-state index contributed by atoms with van der Waals surface area (Å²) in [6.45, 7) is 4.44. The molecule has 0 amide bonds. The summed E-state index contributed by atoms with van der Waals surface area (Å²) in [5.74, 6) is -0.189. The van der Waals surface area contributed by atoms with Crippen LogP contribution in [-0.4, -0.2) is 25.3 Å². The summed E-state index contributed by atoms with van der Waals surface area (Å²) in [4.78, 5) is -0.131. The Hall–Kier alpha value is -1.14. The Balaban J connectivity index is 2.40. The lowest BCUT2D eigenvalue weighted by Crippen LogP contribution is -2.44. The van der Waals surface area contributed by atoms with E-state index in [2.05, 4.69) is 6.92 Å². The van der Waals surface area contributed by atoms with E-state index in [1.165, 1.54) is 16.4 Å². The third-order valence-electron chi connectivity index (χ3n) is 3.68. The number of hydrogen-bond donors (Lipinski definition) is 1. The molecule has 2 N–H and O–H groups in total. The molecule has 2 atom stereocenters.